The molecule has 3 aromatic rings. The molecular weight excluding hydrogens is 454 g/mol. The van der Waals surface area contributed by atoms with Crippen LogP contribution in [0.2, 0.25) is 0 Å². The van der Waals surface area contributed by atoms with Gasteiger partial charge < -0.3 is 16.4 Å². The third kappa shape index (κ3) is 5.00. The van der Waals surface area contributed by atoms with E-state index in [1.165, 1.54) is 30.5 Å². The van der Waals surface area contributed by atoms with Crippen LogP contribution in [0.3, 0.4) is 0 Å². The van der Waals surface area contributed by atoms with E-state index in [0.717, 1.165) is 42.9 Å². The molecule has 0 radical (unpaired) electrons. The Kier molecular flexibility index (Phi) is 6.79. The molecular formula is C28H29N5O3. The standard InChI is InChI=1S/C28H29N5O3/c29-14-13-19-3-7-21(8-4-19)27(26-24-17-23(33(35)36)11-12-25(24)31-28(26)34)30-22-9-5-20(6-10-22)18-32-15-1-2-16-32/h3-12,17,30H,1-2,13-16,18,29H2,(H,31,34)/b27-26-. The average molecular weight is 484 g/mol. The van der Waals surface area contributed by atoms with E-state index >= 15 is 0 Å². The zero-order valence-corrected chi connectivity index (χ0v) is 20.0. The van der Waals surface area contributed by atoms with E-state index in [0.29, 0.717) is 29.1 Å². The molecule has 0 aliphatic carbocycles. The number of carbonyl (C=O) groups is 1. The summed E-state index contributed by atoms with van der Waals surface area (Å²) in [5.41, 5.74) is 11.7. The summed E-state index contributed by atoms with van der Waals surface area (Å²) in [5, 5.41) is 17.7. The van der Waals surface area contributed by atoms with Gasteiger partial charge in [-0.05, 0) is 73.8 Å². The van der Waals surface area contributed by atoms with Crippen LogP contribution >= 0.6 is 0 Å². The maximum atomic E-state index is 13.1. The SMILES string of the molecule is NCCc1ccc(/C(Nc2ccc(CN3CCCC3)cc2)=C2/C(=O)Nc3ccc([N+](=O)[O-])cc32)cc1. The summed E-state index contributed by atoms with van der Waals surface area (Å²) in [7, 11) is 0. The molecule has 0 atom stereocenters. The van der Waals surface area contributed by atoms with Crippen molar-refractivity contribution >= 4 is 34.2 Å². The van der Waals surface area contributed by atoms with Crippen LogP contribution in [-0.4, -0.2) is 35.4 Å². The number of anilines is 2. The van der Waals surface area contributed by atoms with Gasteiger partial charge in [0.05, 0.1) is 16.2 Å². The fraction of sp³-hybridized carbons (Fsp3) is 0.250. The lowest BCUT2D eigenvalue weighted by Gasteiger charge is -2.17. The Morgan fingerprint density at radius 2 is 1.69 bits per heavy atom. The van der Waals surface area contributed by atoms with Crippen LogP contribution in [0.15, 0.2) is 66.7 Å². The summed E-state index contributed by atoms with van der Waals surface area (Å²) in [6.45, 7) is 3.75. The summed E-state index contributed by atoms with van der Waals surface area (Å²) < 4.78 is 0. The number of rotatable bonds is 8. The van der Waals surface area contributed by atoms with Crippen molar-refractivity contribution in [1.29, 1.82) is 0 Å². The third-order valence-corrected chi connectivity index (χ3v) is 6.71. The molecule has 2 aliphatic rings. The largest absolute Gasteiger partial charge is 0.354 e. The number of likely N-dealkylation sites (tertiary alicyclic amines) is 1. The maximum absolute atomic E-state index is 13.1. The van der Waals surface area contributed by atoms with E-state index in [4.69, 9.17) is 5.73 Å². The van der Waals surface area contributed by atoms with E-state index < -0.39 is 4.92 Å². The van der Waals surface area contributed by atoms with Crippen LogP contribution in [0.4, 0.5) is 17.1 Å². The second-order valence-electron chi connectivity index (χ2n) is 9.23. The number of nitrogens with two attached hydrogens (primary N) is 1. The highest BCUT2D eigenvalue weighted by molar-refractivity contribution is 6.37. The number of carbonyl (C=O) groups excluding carboxylic acids is 1. The van der Waals surface area contributed by atoms with Gasteiger partial charge in [-0.15, -0.1) is 0 Å². The highest BCUT2D eigenvalue weighted by Gasteiger charge is 2.30. The Labute approximate surface area is 210 Å². The Morgan fingerprint density at radius 1 is 1.00 bits per heavy atom. The predicted molar refractivity (Wildman–Crippen MR) is 142 cm³/mol. The van der Waals surface area contributed by atoms with Crippen molar-refractivity contribution < 1.29 is 9.72 Å². The number of hydrogen-bond acceptors (Lipinski definition) is 6. The lowest BCUT2D eigenvalue weighted by atomic mass is 9.98. The van der Waals surface area contributed by atoms with Gasteiger partial charge in [-0.2, -0.15) is 0 Å². The first-order valence-electron chi connectivity index (χ1n) is 12.2. The summed E-state index contributed by atoms with van der Waals surface area (Å²) in [6.07, 6.45) is 3.26. The molecule has 1 fully saturated rings. The first-order chi connectivity index (χ1) is 17.5. The van der Waals surface area contributed by atoms with Crippen LogP contribution in [0.5, 0.6) is 0 Å². The Balaban J connectivity index is 1.54. The fourth-order valence-corrected chi connectivity index (χ4v) is 4.84. The second-order valence-corrected chi connectivity index (χ2v) is 9.23. The topological polar surface area (TPSA) is 114 Å². The van der Waals surface area contributed by atoms with Crippen molar-refractivity contribution in [2.75, 3.05) is 30.3 Å². The summed E-state index contributed by atoms with van der Waals surface area (Å²) in [6, 6.07) is 20.5. The smallest absolute Gasteiger partial charge is 0.270 e. The molecule has 8 heteroatoms. The van der Waals surface area contributed by atoms with Gasteiger partial charge in [0, 0.05) is 35.6 Å². The van der Waals surface area contributed by atoms with E-state index in [9.17, 15) is 14.9 Å². The first-order valence-corrected chi connectivity index (χ1v) is 12.2. The van der Waals surface area contributed by atoms with Gasteiger partial charge in [-0.3, -0.25) is 19.8 Å². The summed E-state index contributed by atoms with van der Waals surface area (Å²) in [4.78, 5) is 26.6. The number of non-ortho nitro benzene ring substituents is 1. The molecule has 36 heavy (non-hydrogen) atoms. The Hall–Kier alpha value is -4.01. The highest BCUT2D eigenvalue weighted by atomic mass is 16.6. The van der Waals surface area contributed by atoms with E-state index in [2.05, 4.69) is 27.7 Å². The number of benzene rings is 3. The van der Waals surface area contributed by atoms with Crippen LogP contribution < -0.4 is 16.4 Å². The number of nitro benzene ring substituents is 1. The fourth-order valence-electron chi connectivity index (χ4n) is 4.84. The minimum absolute atomic E-state index is 0.0633. The molecule has 0 bridgehead atoms. The van der Waals surface area contributed by atoms with Crippen molar-refractivity contribution in [2.45, 2.75) is 25.8 Å². The number of hydrogen-bond donors (Lipinski definition) is 3. The van der Waals surface area contributed by atoms with E-state index in [-0.39, 0.29) is 11.6 Å². The Morgan fingerprint density at radius 3 is 2.36 bits per heavy atom. The van der Waals surface area contributed by atoms with Gasteiger partial charge in [0.1, 0.15) is 0 Å². The third-order valence-electron chi connectivity index (χ3n) is 6.71. The molecule has 0 unspecified atom stereocenters. The van der Waals surface area contributed by atoms with Gasteiger partial charge in [0.2, 0.25) is 0 Å². The molecule has 184 valence electrons. The normalized spacial score (nSPS) is 16.5. The monoisotopic (exact) mass is 483 g/mol. The number of nitro groups is 1. The molecule has 3 aromatic carbocycles. The van der Waals surface area contributed by atoms with Crippen molar-refractivity contribution in [3.63, 3.8) is 0 Å². The quantitative estimate of drug-likeness (QED) is 0.245. The molecule has 8 nitrogen and oxygen atoms in total. The van der Waals surface area contributed by atoms with Crippen LogP contribution in [0.1, 0.15) is 35.1 Å². The molecule has 2 aliphatic heterocycles. The van der Waals surface area contributed by atoms with Crippen LogP contribution in [-0.2, 0) is 17.8 Å². The summed E-state index contributed by atoms with van der Waals surface area (Å²) >= 11 is 0. The van der Waals surface area contributed by atoms with Crippen molar-refractivity contribution in [3.8, 4) is 0 Å². The minimum Gasteiger partial charge on any atom is -0.354 e. The van der Waals surface area contributed by atoms with Crippen molar-refractivity contribution in [3.05, 3.63) is 99.1 Å². The van der Waals surface area contributed by atoms with Crippen molar-refractivity contribution in [2.24, 2.45) is 5.73 Å². The lowest BCUT2D eigenvalue weighted by Crippen LogP contribution is -2.18. The van der Waals surface area contributed by atoms with Gasteiger partial charge >= 0.3 is 0 Å². The number of nitrogens with one attached hydrogen (secondary N) is 2. The van der Waals surface area contributed by atoms with Gasteiger partial charge in [-0.25, -0.2) is 0 Å². The van der Waals surface area contributed by atoms with Gasteiger partial charge in [-0.1, -0.05) is 36.4 Å². The zero-order chi connectivity index (χ0) is 25.1. The molecule has 5 rings (SSSR count). The van der Waals surface area contributed by atoms with Gasteiger partial charge in [0.15, 0.2) is 0 Å². The Bertz CT molecular complexity index is 1310. The summed E-state index contributed by atoms with van der Waals surface area (Å²) in [5.74, 6) is -0.301. The van der Waals surface area contributed by atoms with Gasteiger partial charge in [0.25, 0.3) is 11.6 Å². The molecule has 2 heterocycles. The maximum Gasteiger partial charge on any atom is 0.270 e. The van der Waals surface area contributed by atoms with Crippen LogP contribution in [0, 0.1) is 10.1 Å². The van der Waals surface area contributed by atoms with E-state index in [1.54, 1.807) is 6.07 Å². The average Bonchev–Trinajstić information content (AvgIpc) is 3.51. The molecule has 0 spiro atoms. The van der Waals surface area contributed by atoms with Crippen molar-refractivity contribution in [1.82, 2.24) is 4.90 Å². The first kappa shape index (κ1) is 23.7. The molecule has 1 amide bonds. The van der Waals surface area contributed by atoms with Crippen LogP contribution in [0.25, 0.3) is 11.3 Å². The number of fused-ring (bicyclic) bond motifs is 1. The lowest BCUT2D eigenvalue weighted by molar-refractivity contribution is -0.384. The number of amides is 1. The molecule has 1 saturated heterocycles. The predicted octanol–water partition coefficient (Wildman–Crippen LogP) is 4.62. The molecule has 0 aromatic heterocycles. The molecule has 0 saturated carbocycles. The zero-order valence-electron chi connectivity index (χ0n) is 20.0. The minimum atomic E-state index is -0.450. The van der Waals surface area contributed by atoms with E-state index in [1.807, 2.05) is 36.4 Å². The molecule has 4 N–H and O–H groups in total. The number of nitrogens with zero attached hydrogens (tertiary/aromatic N) is 2. The highest BCUT2D eigenvalue weighted by Crippen LogP contribution is 2.39. The second kappa shape index (κ2) is 10.3.